The first-order chi connectivity index (χ1) is 7.27. The first kappa shape index (κ1) is 10.6. The second-order valence-electron chi connectivity index (χ2n) is 4.09. The second-order valence-corrected chi connectivity index (χ2v) is 4.09. The fraction of sp³-hybridized carbons (Fsp3) is 0.500. The first-order valence-corrected chi connectivity index (χ1v) is 5.52. The van der Waals surface area contributed by atoms with E-state index in [1.807, 2.05) is 0 Å². The zero-order valence-corrected chi connectivity index (χ0v) is 8.82. The van der Waals surface area contributed by atoms with Gasteiger partial charge in [0, 0.05) is 0 Å². The van der Waals surface area contributed by atoms with Gasteiger partial charge in [0.2, 0.25) is 0 Å². The predicted octanol–water partition coefficient (Wildman–Crippen LogP) is 2.27. The Labute approximate surface area is 89.9 Å². The molecule has 0 aromatic heterocycles. The Morgan fingerprint density at radius 3 is 2.27 bits per heavy atom. The lowest BCUT2D eigenvalue weighted by molar-refractivity contribution is 0.167. The fourth-order valence-electron chi connectivity index (χ4n) is 2.07. The minimum absolute atomic E-state index is 0.0779. The maximum Gasteiger partial charge on any atom is 0.123 e. The van der Waals surface area contributed by atoms with Crippen molar-refractivity contribution >= 4 is 0 Å². The maximum absolute atomic E-state index is 12.7. The zero-order chi connectivity index (χ0) is 10.7. The van der Waals surface area contributed by atoms with Crippen LogP contribution in [-0.4, -0.2) is 18.0 Å². The molecule has 0 amide bonds. The molecule has 3 heteroatoms. The van der Waals surface area contributed by atoms with Gasteiger partial charge in [-0.05, 0) is 43.6 Å². The molecule has 1 fully saturated rings. The van der Waals surface area contributed by atoms with Crippen molar-refractivity contribution in [1.82, 2.24) is 4.90 Å². The minimum atomic E-state index is -0.204. The predicted molar refractivity (Wildman–Crippen MR) is 58.8 cm³/mol. The molecule has 1 aromatic rings. The molecule has 1 atom stereocenters. The standard InChI is InChI=1S/C12H17FN2/c13-11-6-4-10(5-7-11)12(14)15-8-2-1-3-9-15/h4-7,12H,1-3,8-9,14H2. The molecule has 1 aliphatic rings. The van der Waals surface area contributed by atoms with Crippen LogP contribution < -0.4 is 5.73 Å². The number of halogens is 1. The van der Waals surface area contributed by atoms with E-state index < -0.39 is 0 Å². The molecule has 2 nitrogen and oxygen atoms in total. The molecule has 2 N–H and O–H groups in total. The smallest absolute Gasteiger partial charge is 0.123 e. The second kappa shape index (κ2) is 4.73. The summed E-state index contributed by atoms with van der Waals surface area (Å²) < 4.78 is 12.7. The highest BCUT2D eigenvalue weighted by Crippen LogP contribution is 2.20. The van der Waals surface area contributed by atoms with E-state index in [1.165, 1.54) is 31.4 Å². The normalized spacial score (nSPS) is 20.1. The zero-order valence-electron chi connectivity index (χ0n) is 8.82. The highest BCUT2D eigenvalue weighted by molar-refractivity contribution is 5.19. The Morgan fingerprint density at radius 2 is 1.67 bits per heavy atom. The highest BCUT2D eigenvalue weighted by Gasteiger charge is 2.18. The van der Waals surface area contributed by atoms with Crippen molar-refractivity contribution < 1.29 is 4.39 Å². The summed E-state index contributed by atoms with van der Waals surface area (Å²) in [5.74, 6) is -0.204. The maximum atomic E-state index is 12.7. The lowest BCUT2D eigenvalue weighted by Gasteiger charge is -2.32. The fourth-order valence-corrected chi connectivity index (χ4v) is 2.07. The molecule has 82 valence electrons. The third kappa shape index (κ3) is 2.55. The van der Waals surface area contributed by atoms with Crippen molar-refractivity contribution in [1.29, 1.82) is 0 Å². The average molecular weight is 208 g/mol. The largest absolute Gasteiger partial charge is 0.312 e. The van der Waals surface area contributed by atoms with E-state index in [1.54, 1.807) is 12.1 Å². The number of benzene rings is 1. The van der Waals surface area contributed by atoms with Gasteiger partial charge in [-0.3, -0.25) is 4.90 Å². The van der Waals surface area contributed by atoms with E-state index in [9.17, 15) is 4.39 Å². The average Bonchev–Trinajstić information content (AvgIpc) is 2.30. The van der Waals surface area contributed by atoms with Crippen LogP contribution in [0.25, 0.3) is 0 Å². The highest BCUT2D eigenvalue weighted by atomic mass is 19.1. The van der Waals surface area contributed by atoms with E-state index in [0.29, 0.717) is 0 Å². The monoisotopic (exact) mass is 208 g/mol. The van der Waals surface area contributed by atoms with Crippen molar-refractivity contribution in [2.75, 3.05) is 13.1 Å². The lowest BCUT2D eigenvalue weighted by Crippen LogP contribution is -2.38. The number of nitrogens with two attached hydrogens (primary N) is 1. The number of likely N-dealkylation sites (tertiary alicyclic amines) is 1. The summed E-state index contributed by atoms with van der Waals surface area (Å²) in [5.41, 5.74) is 7.12. The summed E-state index contributed by atoms with van der Waals surface area (Å²) in [5, 5.41) is 0. The Morgan fingerprint density at radius 1 is 1.07 bits per heavy atom. The van der Waals surface area contributed by atoms with Crippen LogP contribution in [0.3, 0.4) is 0 Å². The van der Waals surface area contributed by atoms with Crippen LogP contribution in [0, 0.1) is 5.82 Å². The third-order valence-corrected chi connectivity index (χ3v) is 3.00. The van der Waals surface area contributed by atoms with Crippen molar-refractivity contribution in [3.8, 4) is 0 Å². The van der Waals surface area contributed by atoms with Crippen molar-refractivity contribution in [2.24, 2.45) is 5.73 Å². The molecule has 0 saturated carbocycles. The van der Waals surface area contributed by atoms with E-state index in [0.717, 1.165) is 18.7 Å². The summed E-state index contributed by atoms with van der Waals surface area (Å²) in [6.45, 7) is 2.11. The van der Waals surface area contributed by atoms with Gasteiger partial charge in [-0.25, -0.2) is 4.39 Å². The summed E-state index contributed by atoms with van der Waals surface area (Å²) in [7, 11) is 0. The van der Waals surface area contributed by atoms with Crippen molar-refractivity contribution in [3.63, 3.8) is 0 Å². The molecule has 1 heterocycles. The van der Waals surface area contributed by atoms with E-state index in [2.05, 4.69) is 4.90 Å². The molecule has 15 heavy (non-hydrogen) atoms. The number of rotatable bonds is 2. The topological polar surface area (TPSA) is 29.3 Å². The molecular weight excluding hydrogens is 191 g/mol. The van der Waals surface area contributed by atoms with Gasteiger partial charge in [-0.15, -0.1) is 0 Å². The van der Waals surface area contributed by atoms with Gasteiger partial charge in [0.25, 0.3) is 0 Å². The van der Waals surface area contributed by atoms with Gasteiger partial charge < -0.3 is 5.73 Å². The number of hydrogen-bond acceptors (Lipinski definition) is 2. The van der Waals surface area contributed by atoms with Crippen LogP contribution in [0.4, 0.5) is 4.39 Å². The summed E-state index contributed by atoms with van der Waals surface area (Å²) in [6, 6.07) is 6.49. The van der Waals surface area contributed by atoms with E-state index in [-0.39, 0.29) is 12.0 Å². The molecule has 1 aliphatic heterocycles. The van der Waals surface area contributed by atoms with Gasteiger partial charge >= 0.3 is 0 Å². The van der Waals surface area contributed by atoms with Gasteiger partial charge in [-0.1, -0.05) is 18.6 Å². The van der Waals surface area contributed by atoms with Crippen LogP contribution in [0.2, 0.25) is 0 Å². The summed E-state index contributed by atoms with van der Waals surface area (Å²) in [4.78, 5) is 2.26. The lowest BCUT2D eigenvalue weighted by atomic mass is 10.1. The molecule has 0 aliphatic carbocycles. The van der Waals surface area contributed by atoms with Crippen LogP contribution >= 0.6 is 0 Å². The van der Waals surface area contributed by atoms with Crippen LogP contribution in [0.1, 0.15) is 31.0 Å². The molecule has 0 bridgehead atoms. The van der Waals surface area contributed by atoms with Gasteiger partial charge in [-0.2, -0.15) is 0 Å². The Kier molecular flexibility index (Phi) is 3.34. The van der Waals surface area contributed by atoms with E-state index in [4.69, 9.17) is 5.73 Å². The van der Waals surface area contributed by atoms with Gasteiger partial charge in [0.15, 0.2) is 0 Å². The minimum Gasteiger partial charge on any atom is -0.312 e. The molecule has 1 saturated heterocycles. The SMILES string of the molecule is NC(c1ccc(F)cc1)N1CCCCC1. The molecule has 1 aromatic carbocycles. The number of piperidine rings is 1. The summed E-state index contributed by atoms with van der Waals surface area (Å²) in [6.07, 6.45) is 3.65. The van der Waals surface area contributed by atoms with Gasteiger partial charge in [0.1, 0.15) is 5.82 Å². The molecule has 0 spiro atoms. The van der Waals surface area contributed by atoms with Gasteiger partial charge in [0.05, 0.1) is 6.17 Å². The van der Waals surface area contributed by atoms with Crippen molar-refractivity contribution in [3.05, 3.63) is 35.6 Å². The third-order valence-electron chi connectivity index (χ3n) is 3.00. The van der Waals surface area contributed by atoms with Crippen LogP contribution in [0.5, 0.6) is 0 Å². The molecule has 1 unspecified atom stereocenters. The summed E-state index contributed by atoms with van der Waals surface area (Å²) >= 11 is 0. The Balaban J connectivity index is 2.05. The van der Waals surface area contributed by atoms with Crippen LogP contribution in [-0.2, 0) is 0 Å². The number of hydrogen-bond donors (Lipinski definition) is 1. The Hall–Kier alpha value is -0.930. The van der Waals surface area contributed by atoms with Crippen molar-refractivity contribution in [2.45, 2.75) is 25.4 Å². The first-order valence-electron chi connectivity index (χ1n) is 5.52. The Bertz CT molecular complexity index is 304. The molecule has 2 rings (SSSR count). The number of nitrogens with zero attached hydrogens (tertiary/aromatic N) is 1. The van der Waals surface area contributed by atoms with E-state index >= 15 is 0 Å². The van der Waals surface area contributed by atoms with Crippen LogP contribution in [0.15, 0.2) is 24.3 Å². The quantitative estimate of drug-likeness (QED) is 0.807. The molecular formula is C12H17FN2. The molecule has 0 radical (unpaired) electrons.